The number of aryl methyl sites for hydroxylation is 1. The SMILES string of the molecule is Cc1c(C)n(C[C@@H](O)CNCCO)c2ccccc12. The van der Waals surface area contributed by atoms with Crippen LogP contribution in [0.1, 0.15) is 11.3 Å². The maximum atomic E-state index is 10.1. The molecule has 1 aromatic heterocycles. The highest BCUT2D eigenvalue weighted by atomic mass is 16.3. The van der Waals surface area contributed by atoms with Crippen LogP contribution >= 0.6 is 0 Å². The van der Waals surface area contributed by atoms with Crippen LogP contribution in [0.15, 0.2) is 24.3 Å². The van der Waals surface area contributed by atoms with Gasteiger partial charge in [0, 0.05) is 29.7 Å². The van der Waals surface area contributed by atoms with Gasteiger partial charge >= 0.3 is 0 Å². The minimum absolute atomic E-state index is 0.0946. The third-order valence-electron chi connectivity index (χ3n) is 3.61. The molecule has 0 bridgehead atoms. The number of para-hydroxylation sites is 1. The molecule has 1 aromatic carbocycles. The van der Waals surface area contributed by atoms with Crippen LogP contribution in [0.4, 0.5) is 0 Å². The molecule has 0 saturated carbocycles. The van der Waals surface area contributed by atoms with E-state index in [-0.39, 0.29) is 6.61 Å². The molecule has 104 valence electrons. The molecule has 0 radical (unpaired) electrons. The molecule has 0 unspecified atom stereocenters. The minimum atomic E-state index is -0.458. The Hall–Kier alpha value is -1.36. The van der Waals surface area contributed by atoms with E-state index in [4.69, 9.17) is 5.11 Å². The molecule has 2 rings (SSSR count). The number of aromatic nitrogens is 1. The van der Waals surface area contributed by atoms with Crippen LogP contribution in [-0.2, 0) is 6.54 Å². The van der Waals surface area contributed by atoms with Gasteiger partial charge in [0.2, 0.25) is 0 Å². The fraction of sp³-hybridized carbons (Fsp3) is 0.467. The number of nitrogens with zero attached hydrogens (tertiary/aromatic N) is 1. The Kier molecular flexibility index (Phi) is 4.58. The van der Waals surface area contributed by atoms with Gasteiger partial charge in [-0.05, 0) is 25.5 Å². The van der Waals surface area contributed by atoms with E-state index in [0.29, 0.717) is 19.6 Å². The van der Waals surface area contributed by atoms with Crippen molar-refractivity contribution in [3.05, 3.63) is 35.5 Å². The van der Waals surface area contributed by atoms with Gasteiger partial charge in [-0.15, -0.1) is 0 Å². The van der Waals surface area contributed by atoms with E-state index in [0.717, 1.165) is 0 Å². The number of benzene rings is 1. The maximum absolute atomic E-state index is 10.1. The van der Waals surface area contributed by atoms with Crippen molar-refractivity contribution >= 4 is 10.9 Å². The Labute approximate surface area is 113 Å². The Balaban J connectivity index is 2.18. The lowest BCUT2D eigenvalue weighted by Crippen LogP contribution is -2.32. The van der Waals surface area contributed by atoms with Crippen LogP contribution in [0.3, 0.4) is 0 Å². The lowest BCUT2D eigenvalue weighted by molar-refractivity contribution is 0.149. The molecule has 1 heterocycles. The van der Waals surface area contributed by atoms with Gasteiger partial charge in [-0.1, -0.05) is 18.2 Å². The molecule has 0 saturated heterocycles. The van der Waals surface area contributed by atoms with E-state index in [9.17, 15) is 5.11 Å². The summed E-state index contributed by atoms with van der Waals surface area (Å²) >= 11 is 0. The number of hydrogen-bond donors (Lipinski definition) is 3. The molecule has 0 fully saturated rings. The molecule has 4 nitrogen and oxygen atoms in total. The summed E-state index contributed by atoms with van der Waals surface area (Å²) in [6.45, 7) is 5.87. The number of fused-ring (bicyclic) bond motifs is 1. The van der Waals surface area contributed by atoms with Gasteiger partial charge < -0.3 is 20.1 Å². The first-order valence-corrected chi connectivity index (χ1v) is 6.69. The third-order valence-corrected chi connectivity index (χ3v) is 3.61. The topological polar surface area (TPSA) is 57.4 Å². The zero-order valence-electron chi connectivity index (χ0n) is 11.6. The smallest absolute Gasteiger partial charge is 0.0843 e. The first-order chi connectivity index (χ1) is 9.15. The van der Waals surface area contributed by atoms with Crippen molar-refractivity contribution in [2.45, 2.75) is 26.5 Å². The van der Waals surface area contributed by atoms with Crippen molar-refractivity contribution in [3.8, 4) is 0 Å². The van der Waals surface area contributed by atoms with E-state index >= 15 is 0 Å². The van der Waals surface area contributed by atoms with Crippen LogP contribution in [0.25, 0.3) is 10.9 Å². The first kappa shape index (κ1) is 14.1. The Morgan fingerprint density at radius 1 is 1.26 bits per heavy atom. The fourth-order valence-corrected chi connectivity index (χ4v) is 2.46. The van der Waals surface area contributed by atoms with Gasteiger partial charge in [0.15, 0.2) is 0 Å². The van der Waals surface area contributed by atoms with Crippen LogP contribution in [-0.4, -0.2) is 40.6 Å². The molecule has 0 aliphatic carbocycles. The average Bonchev–Trinajstić information content (AvgIpc) is 2.65. The van der Waals surface area contributed by atoms with Gasteiger partial charge in [-0.25, -0.2) is 0 Å². The molecule has 2 aromatic rings. The van der Waals surface area contributed by atoms with Crippen LogP contribution in [0.5, 0.6) is 0 Å². The van der Waals surface area contributed by atoms with E-state index in [1.165, 1.54) is 22.2 Å². The van der Waals surface area contributed by atoms with Crippen molar-refractivity contribution in [3.63, 3.8) is 0 Å². The summed E-state index contributed by atoms with van der Waals surface area (Å²) in [6, 6.07) is 8.26. The Morgan fingerprint density at radius 2 is 2.00 bits per heavy atom. The molecular formula is C15H22N2O2. The number of hydrogen-bond acceptors (Lipinski definition) is 3. The zero-order chi connectivity index (χ0) is 13.8. The highest BCUT2D eigenvalue weighted by Crippen LogP contribution is 2.24. The number of aliphatic hydroxyl groups is 2. The van der Waals surface area contributed by atoms with Gasteiger partial charge in [0.25, 0.3) is 0 Å². The van der Waals surface area contributed by atoms with Crippen LogP contribution in [0.2, 0.25) is 0 Å². The summed E-state index contributed by atoms with van der Waals surface area (Å²) in [4.78, 5) is 0. The van der Waals surface area contributed by atoms with Gasteiger partial charge in [0.05, 0.1) is 19.3 Å². The molecule has 1 atom stereocenters. The van der Waals surface area contributed by atoms with Gasteiger partial charge in [-0.2, -0.15) is 0 Å². The van der Waals surface area contributed by atoms with Crippen molar-refractivity contribution in [2.24, 2.45) is 0 Å². The molecule has 3 N–H and O–H groups in total. The maximum Gasteiger partial charge on any atom is 0.0843 e. The highest BCUT2D eigenvalue weighted by molar-refractivity contribution is 5.85. The molecule has 19 heavy (non-hydrogen) atoms. The molecule has 0 aliphatic heterocycles. The average molecular weight is 262 g/mol. The summed E-state index contributed by atoms with van der Waals surface area (Å²) in [7, 11) is 0. The third kappa shape index (κ3) is 2.97. The van der Waals surface area contributed by atoms with Crippen molar-refractivity contribution in [1.29, 1.82) is 0 Å². The predicted octanol–water partition coefficient (Wildman–Crippen LogP) is 1.20. The lowest BCUT2D eigenvalue weighted by atomic mass is 10.2. The molecule has 0 amide bonds. The molecule has 0 aliphatic rings. The minimum Gasteiger partial charge on any atom is -0.395 e. The molecule has 0 spiro atoms. The number of nitrogens with one attached hydrogen (secondary N) is 1. The summed E-state index contributed by atoms with van der Waals surface area (Å²) < 4.78 is 2.16. The van der Waals surface area contributed by atoms with Crippen molar-refractivity contribution < 1.29 is 10.2 Å². The molecule has 4 heteroatoms. The summed E-state index contributed by atoms with van der Waals surface area (Å²) in [6.07, 6.45) is -0.458. The standard InChI is InChI=1S/C15H22N2O2/c1-11-12(2)17(10-13(19)9-16-7-8-18)15-6-4-3-5-14(11)15/h3-6,13,16,18-19H,7-10H2,1-2H3/t13-/m0/s1. The second kappa shape index (κ2) is 6.19. The monoisotopic (exact) mass is 262 g/mol. The fourth-order valence-electron chi connectivity index (χ4n) is 2.46. The largest absolute Gasteiger partial charge is 0.395 e. The van der Waals surface area contributed by atoms with E-state index in [1.54, 1.807) is 0 Å². The zero-order valence-corrected chi connectivity index (χ0v) is 11.6. The van der Waals surface area contributed by atoms with Crippen LogP contribution in [0, 0.1) is 13.8 Å². The van der Waals surface area contributed by atoms with Gasteiger partial charge in [0.1, 0.15) is 0 Å². The molecular weight excluding hydrogens is 240 g/mol. The van der Waals surface area contributed by atoms with Gasteiger partial charge in [-0.3, -0.25) is 0 Å². The Bertz CT molecular complexity index is 548. The highest BCUT2D eigenvalue weighted by Gasteiger charge is 2.13. The van der Waals surface area contributed by atoms with E-state index < -0.39 is 6.10 Å². The first-order valence-electron chi connectivity index (χ1n) is 6.69. The predicted molar refractivity (Wildman–Crippen MR) is 77.4 cm³/mol. The van der Waals surface area contributed by atoms with E-state index in [1.807, 2.05) is 12.1 Å². The summed E-state index contributed by atoms with van der Waals surface area (Å²) in [5.74, 6) is 0. The van der Waals surface area contributed by atoms with Crippen molar-refractivity contribution in [1.82, 2.24) is 9.88 Å². The lowest BCUT2D eigenvalue weighted by Gasteiger charge is -2.15. The number of aliphatic hydroxyl groups excluding tert-OH is 2. The summed E-state index contributed by atoms with van der Waals surface area (Å²) in [5.41, 5.74) is 3.63. The second-order valence-corrected chi connectivity index (χ2v) is 4.92. The Morgan fingerprint density at radius 3 is 2.74 bits per heavy atom. The van der Waals surface area contributed by atoms with E-state index in [2.05, 4.69) is 35.9 Å². The van der Waals surface area contributed by atoms with Crippen molar-refractivity contribution in [2.75, 3.05) is 19.7 Å². The number of rotatable bonds is 6. The van der Waals surface area contributed by atoms with Crippen LogP contribution < -0.4 is 5.32 Å². The summed E-state index contributed by atoms with van der Waals surface area (Å²) in [5, 5.41) is 23.0. The second-order valence-electron chi connectivity index (χ2n) is 4.92. The normalized spacial score (nSPS) is 13.1. The quantitative estimate of drug-likeness (QED) is 0.686.